The average molecular weight is 195 g/mol. The largest absolute Gasteiger partial charge is 0.393 e. The van der Waals surface area contributed by atoms with Gasteiger partial charge in [0.1, 0.15) is 0 Å². The topological polar surface area (TPSA) is 69.0 Å². The van der Waals surface area contributed by atoms with Crippen molar-refractivity contribution in [1.82, 2.24) is 0 Å². The van der Waals surface area contributed by atoms with Crippen LogP contribution in [-0.2, 0) is 0 Å². The number of azide groups is 1. The number of aliphatic hydroxyl groups is 1. The molecule has 3 saturated carbocycles. The molecule has 0 aromatic heterocycles. The third-order valence-electron chi connectivity index (χ3n) is 3.93. The highest BCUT2D eigenvalue weighted by atomic mass is 16.3. The van der Waals surface area contributed by atoms with E-state index >= 15 is 0 Å². The maximum absolute atomic E-state index is 9.86. The van der Waals surface area contributed by atoms with Crippen LogP contribution in [0.2, 0.25) is 0 Å². The van der Waals surface area contributed by atoms with Crippen LogP contribution in [-0.4, -0.2) is 17.8 Å². The third kappa shape index (κ3) is 1.86. The van der Waals surface area contributed by atoms with Gasteiger partial charge in [0.2, 0.25) is 0 Å². The zero-order valence-corrected chi connectivity index (χ0v) is 8.34. The quantitative estimate of drug-likeness (QED) is 0.419. The number of hydrogen-bond acceptors (Lipinski definition) is 2. The van der Waals surface area contributed by atoms with E-state index in [1.54, 1.807) is 0 Å². The lowest BCUT2D eigenvalue weighted by Gasteiger charge is -2.44. The van der Waals surface area contributed by atoms with Crippen molar-refractivity contribution in [3.8, 4) is 0 Å². The van der Waals surface area contributed by atoms with Gasteiger partial charge in [-0.3, -0.25) is 0 Å². The van der Waals surface area contributed by atoms with E-state index in [1.165, 1.54) is 25.7 Å². The van der Waals surface area contributed by atoms with E-state index in [4.69, 9.17) is 5.53 Å². The zero-order chi connectivity index (χ0) is 9.97. The van der Waals surface area contributed by atoms with Crippen LogP contribution in [0.1, 0.15) is 32.1 Å². The van der Waals surface area contributed by atoms with E-state index < -0.39 is 6.10 Å². The van der Waals surface area contributed by atoms with Crippen LogP contribution in [0.15, 0.2) is 5.11 Å². The molecular formula is C10H17N3O. The molecular weight excluding hydrogens is 178 g/mol. The van der Waals surface area contributed by atoms with Crippen molar-refractivity contribution < 1.29 is 5.11 Å². The monoisotopic (exact) mass is 195 g/mol. The molecule has 0 spiro atoms. The summed E-state index contributed by atoms with van der Waals surface area (Å²) in [4.78, 5) is 2.70. The maximum atomic E-state index is 9.86. The summed E-state index contributed by atoms with van der Waals surface area (Å²) in [6.45, 7) is 0.254. The minimum Gasteiger partial charge on any atom is -0.393 e. The van der Waals surface area contributed by atoms with Gasteiger partial charge in [-0.25, -0.2) is 0 Å². The van der Waals surface area contributed by atoms with Gasteiger partial charge in [-0.05, 0) is 42.5 Å². The number of aliphatic hydroxyl groups excluding tert-OH is 1. The highest BCUT2D eigenvalue weighted by molar-refractivity contribution is 4.90. The minimum atomic E-state index is -0.404. The van der Waals surface area contributed by atoms with Gasteiger partial charge in [-0.15, -0.1) is 0 Å². The Labute approximate surface area is 83.9 Å². The highest BCUT2D eigenvalue weighted by Gasteiger charge is 2.38. The smallest absolute Gasteiger partial charge is 0.0627 e. The van der Waals surface area contributed by atoms with E-state index in [-0.39, 0.29) is 6.54 Å². The molecule has 0 saturated heterocycles. The van der Waals surface area contributed by atoms with Crippen molar-refractivity contribution in [3.63, 3.8) is 0 Å². The van der Waals surface area contributed by atoms with E-state index in [2.05, 4.69) is 10.0 Å². The first-order valence-corrected chi connectivity index (χ1v) is 5.50. The van der Waals surface area contributed by atoms with Crippen LogP contribution in [0, 0.1) is 17.8 Å². The van der Waals surface area contributed by atoms with Crippen LogP contribution in [0.25, 0.3) is 10.4 Å². The first-order valence-electron chi connectivity index (χ1n) is 5.50. The standard InChI is InChI=1S/C10H17N3O/c11-13-12-6-10(14)9-5-7-1-3-8(9)4-2-7/h7-10,14H,1-6H2. The van der Waals surface area contributed by atoms with Crippen LogP contribution in [0.5, 0.6) is 0 Å². The molecule has 4 heteroatoms. The molecule has 78 valence electrons. The van der Waals surface area contributed by atoms with Gasteiger partial charge in [0.25, 0.3) is 0 Å². The highest BCUT2D eigenvalue weighted by Crippen LogP contribution is 2.46. The van der Waals surface area contributed by atoms with Crippen molar-refractivity contribution in [2.24, 2.45) is 22.9 Å². The van der Waals surface area contributed by atoms with Crippen molar-refractivity contribution >= 4 is 0 Å². The Morgan fingerprint density at radius 3 is 2.57 bits per heavy atom. The molecule has 0 aliphatic heterocycles. The number of rotatable bonds is 3. The molecule has 1 N–H and O–H groups in total. The maximum Gasteiger partial charge on any atom is 0.0627 e. The van der Waals surface area contributed by atoms with Crippen LogP contribution in [0.4, 0.5) is 0 Å². The second-order valence-electron chi connectivity index (χ2n) is 4.66. The van der Waals surface area contributed by atoms with Gasteiger partial charge in [0.15, 0.2) is 0 Å². The molecule has 4 nitrogen and oxygen atoms in total. The first kappa shape index (κ1) is 9.81. The fourth-order valence-corrected chi connectivity index (χ4v) is 3.16. The van der Waals surface area contributed by atoms with Gasteiger partial charge in [0.05, 0.1) is 12.6 Å². The van der Waals surface area contributed by atoms with E-state index in [1.807, 2.05) is 0 Å². The molecule has 2 unspecified atom stereocenters. The summed E-state index contributed by atoms with van der Waals surface area (Å²) in [7, 11) is 0. The van der Waals surface area contributed by atoms with E-state index in [9.17, 15) is 5.11 Å². The minimum absolute atomic E-state index is 0.254. The summed E-state index contributed by atoms with van der Waals surface area (Å²) in [6.07, 6.45) is 5.96. The Balaban J connectivity index is 1.93. The number of nitrogens with zero attached hydrogens (tertiary/aromatic N) is 3. The lowest BCUT2D eigenvalue weighted by atomic mass is 9.63. The number of hydrogen-bond donors (Lipinski definition) is 1. The Kier molecular flexibility index (Phi) is 2.94. The van der Waals surface area contributed by atoms with Crippen molar-refractivity contribution in [3.05, 3.63) is 10.4 Å². The molecule has 0 amide bonds. The van der Waals surface area contributed by atoms with Crippen molar-refractivity contribution in [2.45, 2.75) is 38.2 Å². The second-order valence-corrected chi connectivity index (χ2v) is 4.66. The molecule has 0 radical (unpaired) electrons. The van der Waals surface area contributed by atoms with Gasteiger partial charge in [-0.2, -0.15) is 0 Å². The Hall–Kier alpha value is -0.730. The molecule has 2 bridgehead atoms. The van der Waals surface area contributed by atoms with Gasteiger partial charge in [-0.1, -0.05) is 18.0 Å². The normalized spacial score (nSPS) is 37.6. The molecule has 0 heterocycles. The van der Waals surface area contributed by atoms with Crippen LogP contribution >= 0.6 is 0 Å². The van der Waals surface area contributed by atoms with Gasteiger partial charge >= 0.3 is 0 Å². The third-order valence-corrected chi connectivity index (χ3v) is 3.93. The SMILES string of the molecule is [N-]=[N+]=NCC(O)C1CC2CCC1CC2. The molecule has 2 atom stereocenters. The summed E-state index contributed by atoms with van der Waals surface area (Å²) >= 11 is 0. The van der Waals surface area contributed by atoms with Crippen molar-refractivity contribution in [1.29, 1.82) is 0 Å². The lowest BCUT2D eigenvalue weighted by molar-refractivity contribution is 0.00132. The Morgan fingerprint density at radius 2 is 2.07 bits per heavy atom. The lowest BCUT2D eigenvalue weighted by Crippen LogP contribution is -2.39. The molecule has 3 fully saturated rings. The first-order chi connectivity index (χ1) is 6.81. The second kappa shape index (κ2) is 4.20. The zero-order valence-electron chi connectivity index (χ0n) is 8.34. The Morgan fingerprint density at radius 1 is 1.36 bits per heavy atom. The van der Waals surface area contributed by atoms with Crippen molar-refractivity contribution in [2.75, 3.05) is 6.54 Å². The molecule has 3 aliphatic carbocycles. The summed E-state index contributed by atoms with van der Waals surface area (Å²) in [6, 6.07) is 0. The molecule has 3 rings (SSSR count). The molecule has 0 aromatic rings. The van der Waals surface area contributed by atoms with Gasteiger partial charge in [0, 0.05) is 4.91 Å². The van der Waals surface area contributed by atoms with Crippen LogP contribution in [0.3, 0.4) is 0 Å². The molecule has 3 aliphatic rings. The molecule has 0 aromatic carbocycles. The average Bonchev–Trinajstić information content (AvgIpc) is 2.27. The predicted octanol–water partition coefficient (Wildman–Crippen LogP) is 2.48. The van der Waals surface area contributed by atoms with E-state index in [0.29, 0.717) is 11.8 Å². The fraction of sp³-hybridized carbons (Fsp3) is 1.00. The fourth-order valence-electron chi connectivity index (χ4n) is 3.16. The van der Waals surface area contributed by atoms with E-state index in [0.717, 1.165) is 12.3 Å². The predicted molar refractivity (Wildman–Crippen MR) is 53.6 cm³/mol. The number of fused-ring (bicyclic) bond motifs is 3. The van der Waals surface area contributed by atoms with Crippen LogP contribution < -0.4 is 0 Å². The summed E-state index contributed by atoms with van der Waals surface area (Å²) in [5.41, 5.74) is 8.19. The van der Waals surface area contributed by atoms with Gasteiger partial charge < -0.3 is 5.11 Å². The summed E-state index contributed by atoms with van der Waals surface area (Å²) < 4.78 is 0. The summed E-state index contributed by atoms with van der Waals surface area (Å²) in [5, 5.41) is 13.3. The Bertz CT molecular complexity index is 242. The summed E-state index contributed by atoms with van der Waals surface area (Å²) in [5.74, 6) is 1.91. The molecule has 14 heavy (non-hydrogen) atoms.